The first-order valence-corrected chi connectivity index (χ1v) is 6.46. The van der Waals surface area contributed by atoms with Crippen molar-refractivity contribution in [2.75, 3.05) is 6.54 Å². The van der Waals surface area contributed by atoms with Gasteiger partial charge in [-0.2, -0.15) is 0 Å². The molecule has 1 heteroatoms. The van der Waals surface area contributed by atoms with Crippen LogP contribution in [-0.2, 0) is 12.8 Å². The summed E-state index contributed by atoms with van der Waals surface area (Å²) in [7, 11) is 0. The van der Waals surface area contributed by atoms with E-state index in [1.54, 1.807) is 0 Å². The van der Waals surface area contributed by atoms with Gasteiger partial charge < -0.3 is 5.73 Å². The molecule has 1 nitrogen and oxygen atoms in total. The Balaban J connectivity index is 2.13. The summed E-state index contributed by atoms with van der Waals surface area (Å²) in [4.78, 5) is 0. The molecule has 0 spiro atoms. The number of hydrogen-bond acceptors (Lipinski definition) is 1. The Morgan fingerprint density at radius 2 is 2.06 bits per heavy atom. The van der Waals surface area contributed by atoms with Crippen molar-refractivity contribution in [2.24, 2.45) is 11.1 Å². The van der Waals surface area contributed by atoms with Crippen molar-refractivity contribution >= 4 is 0 Å². The van der Waals surface area contributed by atoms with Crippen molar-refractivity contribution in [1.29, 1.82) is 0 Å². The van der Waals surface area contributed by atoms with E-state index in [2.05, 4.69) is 36.1 Å². The van der Waals surface area contributed by atoms with E-state index in [0.717, 1.165) is 25.8 Å². The molecule has 17 heavy (non-hydrogen) atoms. The number of aryl methyl sites for hydroxylation is 1. The van der Waals surface area contributed by atoms with Crippen LogP contribution in [0.3, 0.4) is 0 Å². The fourth-order valence-corrected chi connectivity index (χ4v) is 2.81. The Morgan fingerprint density at radius 3 is 2.76 bits per heavy atom. The number of rotatable bonds is 3. The summed E-state index contributed by atoms with van der Waals surface area (Å²) in [6.07, 6.45) is 5.64. The summed E-state index contributed by atoms with van der Waals surface area (Å²) in [5.74, 6) is 6.15. The molecule has 1 aliphatic carbocycles. The quantitative estimate of drug-likeness (QED) is 0.789. The van der Waals surface area contributed by atoms with Crippen LogP contribution in [0.5, 0.6) is 0 Å². The predicted molar refractivity (Wildman–Crippen MR) is 72.6 cm³/mol. The Hall–Kier alpha value is -1.26. The van der Waals surface area contributed by atoms with Gasteiger partial charge in [-0.3, -0.25) is 0 Å². The highest BCUT2D eigenvalue weighted by Gasteiger charge is 2.32. The van der Waals surface area contributed by atoms with Crippen molar-refractivity contribution in [3.8, 4) is 11.8 Å². The molecule has 90 valence electrons. The van der Waals surface area contributed by atoms with E-state index in [4.69, 9.17) is 5.73 Å². The van der Waals surface area contributed by atoms with Gasteiger partial charge in [-0.05, 0) is 55.7 Å². The van der Waals surface area contributed by atoms with Crippen LogP contribution in [-0.4, -0.2) is 6.54 Å². The lowest BCUT2D eigenvalue weighted by atomic mass is 9.69. The molecule has 0 saturated heterocycles. The monoisotopic (exact) mass is 227 g/mol. The van der Waals surface area contributed by atoms with Crippen LogP contribution < -0.4 is 5.73 Å². The Kier molecular flexibility index (Phi) is 3.86. The third-order valence-electron chi connectivity index (χ3n) is 4.00. The van der Waals surface area contributed by atoms with Gasteiger partial charge in [-0.1, -0.05) is 24.3 Å². The summed E-state index contributed by atoms with van der Waals surface area (Å²) in [6, 6.07) is 8.78. The maximum atomic E-state index is 6.03. The molecule has 0 radical (unpaired) electrons. The summed E-state index contributed by atoms with van der Waals surface area (Å²) in [5.41, 5.74) is 9.33. The average molecular weight is 227 g/mol. The minimum Gasteiger partial charge on any atom is -0.330 e. The van der Waals surface area contributed by atoms with Crippen LogP contribution in [0.2, 0.25) is 0 Å². The molecule has 0 bridgehead atoms. The van der Waals surface area contributed by atoms with Crippen molar-refractivity contribution in [3.05, 3.63) is 35.4 Å². The predicted octanol–water partition coefficient (Wildman–Crippen LogP) is 2.92. The van der Waals surface area contributed by atoms with Crippen LogP contribution >= 0.6 is 0 Å². The molecule has 2 rings (SSSR count). The average Bonchev–Trinajstić information content (AvgIpc) is 2.39. The maximum absolute atomic E-state index is 6.03. The molecule has 0 amide bonds. The van der Waals surface area contributed by atoms with Gasteiger partial charge >= 0.3 is 0 Å². The molecule has 0 aromatic heterocycles. The van der Waals surface area contributed by atoms with E-state index < -0.39 is 0 Å². The molecule has 2 N–H and O–H groups in total. The van der Waals surface area contributed by atoms with Gasteiger partial charge in [0.25, 0.3) is 0 Å². The smallest absolute Gasteiger partial charge is 0.00944 e. The molecule has 0 aliphatic heterocycles. The van der Waals surface area contributed by atoms with Crippen LogP contribution in [0.4, 0.5) is 0 Å². The van der Waals surface area contributed by atoms with E-state index in [1.807, 2.05) is 6.92 Å². The number of nitrogens with two attached hydrogens (primary N) is 1. The third kappa shape index (κ3) is 2.70. The van der Waals surface area contributed by atoms with Crippen LogP contribution in [0.25, 0.3) is 0 Å². The lowest BCUT2D eigenvalue weighted by Crippen LogP contribution is -2.36. The van der Waals surface area contributed by atoms with Gasteiger partial charge in [0.2, 0.25) is 0 Å². The number of fused-ring (bicyclic) bond motifs is 1. The normalized spacial score (nSPS) is 22.5. The van der Waals surface area contributed by atoms with Gasteiger partial charge in [0.1, 0.15) is 0 Å². The molecule has 0 fully saturated rings. The van der Waals surface area contributed by atoms with E-state index in [0.29, 0.717) is 0 Å². The van der Waals surface area contributed by atoms with Crippen LogP contribution in [0.15, 0.2) is 24.3 Å². The summed E-state index contributed by atoms with van der Waals surface area (Å²) in [5, 5.41) is 0. The number of hydrogen-bond donors (Lipinski definition) is 1. The summed E-state index contributed by atoms with van der Waals surface area (Å²) in [6.45, 7) is 2.69. The topological polar surface area (TPSA) is 26.0 Å². The molecule has 1 aromatic rings. The maximum Gasteiger partial charge on any atom is 0.00944 e. The third-order valence-corrected chi connectivity index (χ3v) is 4.00. The second-order valence-corrected chi connectivity index (χ2v) is 5.08. The van der Waals surface area contributed by atoms with E-state index in [-0.39, 0.29) is 5.41 Å². The molecule has 1 aliphatic rings. The highest BCUT2D eigenvalue weighted by Crippen LogP contribution is 2.38. The van der Waals surface area contributed by atoms with E-state index in [9.17, 15) is 0 Å². The van der Waals surface area contributed by atoms with E-state index >= 15 is 0 Å². The van der Waals surface area contributed by atoms with Gasteiger partial charge in [-0.25, -0.2) is 0 Å². The minimum absolute atomic E-state index is 0.290. The minimum atomic E-state index is 0.290. The lowest BCUT2D eigenvalue weighted by molar-refractivity contribution is 0.238. The summed E-state index contributed by atoms with van der Waals surface area (Å²) >= 11 is 0. The van der Waals surface area contributed by atoms with Crippen LogP contribution in [0, 0.1) is 17.3 Å². The highest BCUT2D eigenvalue weighted by atomic mass is 14.6. The molecule has 1 atom stereocenters. The Morgan fingerprint density at radius 1 is 1.29 bits per heavy atom. The molecular weight excluding hydrogens is 206 g/mol. The second-order valence-electron chi connectivity index (χ2n) is 5.08. The van der Waals surface area contributed by atoms with Gasteiger partial charge in [0.15, 0.2) is 0 Å². The van der Waals surface area contributed by atoms with E-state index in [1.165, 1.54) is 24.0 Å². The van der Waals surface area contributed by atoms with Gasteiger partial charge in [0.05, 0.1) is 0 Å². The summed E-state index contributed by atoms with van der Waals surface area (Å²) < 4.78 is 0. The van der Waals surface area contributed by atoms with Crippen molar-refractivity contribution in [3.63, 3.8) is 0 Å². The molecular formula is C16H21N. The fourth-order valence-electron chi connectivity index (χ4n) is 2.81. The van der Waals surface area contributed by atoms with Crippen LogP contribution in [0.1, 0.15) is 37.3 Å². The molecule has 0 heterocycles. The molecule has 1 aromatic carbocycles. The van der Waals surface area contributed by atoms with Crippen molar-refractivity contribution in [1.82, 2.24) is 0 Å². The van der Waals surface area contributed by atoms with Crippen molar-refractivity contribution in [2.45, 2.75) is 39.0 Å². The van der Waals surface area contributed by atoms with Gasteiger partial charge in [0, 0.05) is 6.42 Å². The zero-order chi connectivity index (χ0) is 12.1. The first-order valence-electron chi connectivity index (χ1n) is 6.46. The Labute approximate surface area is 104 Å². The fraction of sp³-hybridized carbons (Fsp3) is 0.500. The zero-order valence-electron chi connectivity index (χ0n) is 10.6. The molecule has 0 saturated carbocycles. The first-order chi connectivity index (χ1) is 8.29. The highest BCUT2D eigenvalue weighted by molar-refractivity contribution is 5.31. The Bertz CT molecular complexity index is 438. The first kappa shape index (κ1) is 12.2. The number of benzene rings is 1. The largest absolute Gasteiger partial charge is 0.330 e. The second kappa shape index (κ2) is 5.38. The SMILES string of the molecule is CC#CCCC1(CN)CCc2ccccc2C1. The lowest BCUT2D eigenvalue weighted by Gasteiger charge is -2.37. The van der Waals surface area contributed by atoms with Gasteiger partial charge in [-0.15, -0.1) is 11.8 Å². The standard InChI is InChI=1S/C16H21N/c1-2-3-6-10-16(13-17)11-9-14-7-4-5-8-15(14)12-16/h4-5,7-8H,6,9-13,17H2,1H3. The molecule has 1 unspecified atom stereocenters. The van der Waals surface area contributed by atoms with Crippen molar-refractivity contribution < 1.29 is 0 Å². The zero-order valence-corrected chi connectivity index (χ0v) is 10.6.